The van der Waals surface area contributed by atoms with Crippen molar-refractivity contribution in [2.75, 3.05) is 13.7 Å². The highest BCUT2D eigenvalue weighted by Crippen LogP contribution is 2.20. The SMILES string of the molecule is COC[CH]c1c(F)c(F)cc(F)c1F. The minimum Gasteiger partial charge on any atom is -0.384 e. The maximum absolute atomic E-state index is 12.9. The molecule has 0 aliphatic heterocycles. The van der Waals surface area contributed by atoms with Crippen LogP contribution in [0.15, 0.2) is 6.07 Å². The summed E-state index contributed by atoms with van der Waals surface area (Å²) in [6.45, 7) is -0.128. The van der Waals surface area contributed by atoms with Crippen LogP contribution in [-0.2, 0) is 4.74 Å². The lowest BCUT2D eigenvalue weighted by Crippen LogP contribution is -2.04. The summed E-state index contributed by atoms with van der Waals surface area (Å²) in [6, 6.07) is 0.162. The first-order chi connectivity index (χ1) is 6.57. The average Bonchev–Trinajstić information content (AvgIpc) is 2.15. The van der Waals surface area contributed by atoms with Crippen molar-refractivity contribution >= 4 is 0 Å². The van der Waals surface area contributed by atoms with Crippen LogP contribution >= 0.6 is 0 Å². The molecule has 1 aromatic rings. The summed E-state index contributed by atoms with van der Waals surface area (Å²) >= 11 is 0. The van der Waals surface area contributed by atoms with Crippen molar-refractivity contribution in [3.63, 3.8) is 0 Å². The van der Waals surface area contributed by atoms with E-state index in [1.54, 1.807) is 0 Å². The van der Waals surface area contributed by atoms with E-state index in [0.29, 0.717) is 0 Å². The number of hydrogen-bond donors (Lipinski definition) is 0. The molecule has 5 heteroatoms. The highest BCUT2D eigenvalue weighted by Gasteiger charge is 2.18. The van der Waals surface area contributed by atoms with Crippen LogP contribution in [-0.4, -0.2) is 13.7 Å². The van der Waals surface area contributed by atoms with Gasteiger partial charge in [0, 0.05) is 25.2 Å². The predicted molar refractivity (Wildman–Crippen MR) is 41.6 cm³/mol. The van der Waals surface area contributed by atoms with Crippen LogP contribution in [0.25, 0.3) is 0 Å². The van der Waals surface area contributed by atoms with Gasteiger partial charge in [-0.1, -0.05) is 0 Å². The molecule has 14 heavy (non-hydrogen) atoms. The van der Waals surface area contributed by atoms with Crippen LogP contribution in [0.2, 0.25) is 0 Å². The Kier molecular flexibility index (Phi) is 3.46. The van der Waals surface area contributed by atoms with Crippen molar-refractivity contribution in [2.24, 2.45) is 0 Å². The van der Waals surface area contributed by atoms with Crippen LogP contribution < -0.4 is 0 Å². The third-order valence-electron chi connectivity index (χ3n) is 1.60. The normalized spacial score (nSPS) is 10.6. The molecule has 0 aliphatic rings. The molecule has 1 radical (unpaired) electrons. The Morgan fingerprint density at radius 2 is 1.64 bits per heavy atom. The minimum absolute atomic E-state index is 0.128. The van der Waals surface area contributed by atoms with Gasteiger partial charge in [-0.15, -0.1) is 0 Å². The first-order valence-electron chi connectivity index (χ1n) is 3.73. The van der Waals surface area contributed by atoms with Gasteiger partial charge in [0.2, 0.25) is 0 Å². The van der Waals surface area contributed by atoms with Gasteiger partial charge in [-0.05, 0) is 0 Å². The highest BCUT2D eigenvalue weighted by molar-refractivity contribution is 5.28. The van der Waals surface area contributed by atoms with Gasteiger partial charge in [0.05, 0.1) is 6.61 Å². The zero-order chi connectivity index (χ0) is 10.7. The molecule has 1 aromatic carbocycles. The number of methoxy groups -OCH3 is 1. The van der Waals surface area contributed by atoms with E-state index >= 15 is 0 Å². The summed E-state index contributed by atoms with van der Waals surface area (Å²) in [7, 11) is 1.29. The van der Waals surface area contributed by atoms with Gasteiger partial charge < -0.3 is 4.74 Å². The van der Waals surface area contributed by atoms with Crippen LogP contribution in [0.3, 0.4) is 0 Å². The Balaban J connectivity index is 3.11. The zero-order valence-corrected chi connectivity index (χ0v) is 7.28. The molecule has 0 atom stereocenters. The van der Waals surface area contributed by atoms with Crippen molar-refractivity contribution in [3.8, 4) is 0 Å². The van der Waals surface area contributed by atoms with E-state index in [0.717, 1.165) is 6.42 Å². The largest absolute Gasteiger partial charge is 0.384 e. The summed E-state index contributed by atoms with van der Waals surface area (Å²) in [5.41, 5.74) is -0.746. The van der Waals surface area contributed by atoms with Crippen molar-refractivity contribution in [2.45, 2.75) is 0 Å². The molecule has 77 valence electrons. The first-order valence-corrected chi connectivity index (χ1v) is 3.73. The van der Waals surface area contributed by atoms with E-state index in [9.17, 15) is 17.6 Å². The maximum Gasteiger partial charge on any atom is 0.165 e. The van der Waals surface area contributed by atoms with E-state index < -0.39 is 28.8 Å². The third kappa shape index (κ3) is 2.04. The fraction of sp³-hybridized carbons (Fsp3) is 0.222. The molecule has 0 heterocycles. The van der Waals surface area contributed by atoms with E-state index in [1.807, 2.05) is 0 Å². The Bertz CT molecular complexity index is 312. The standard InChI is InChI=1S/C9H7F4O/c1-14-3-2-5-8(12)6(10)4-7(11)9(5)13/h2,4H,3H2,1H3. The van der Waals surface area contributed by atoms with Gasteiger partial charge in [0.1, 0.15) is 0 Å². The maximum atomic E-state index is 12.9. The molecule has 0 spiro atoms. The predicted octanol–water partition coefficient (Wildman–Crippen LogP) is 2.44. The fourth-order valence-electron chi connectivity index (χ4n) is 0.938. The number of rotatable bonds is 3. The monoisotopic (exact) mass is 207 g/mol. The van der Waals surface area contributed by atoms with Crippen LogP contribution in [0.4, 0.5) is 17.6 Å². The second-order valence-electron chi connectivity index (χ2n) is 2.54. The lowest BCUT2D eigenvalue weighted by molar-refractivity contribution is 0.224. The van der Waals surface area contributed by atoms with Gasteiger partial charge in [-0.3, -0.25) is 0 Å². The Hall–Kier alpha value is -1.10. The van der Waals surface area contributed by atoms with E-state index in [-0.39, 0.29) is 12.7 Å². The molecule has 0 saturated carbocycles. The van der Waals surface area contributed by atoms with Gasteiger partial charge >= 0.3 is 0 Å². The van der Waals surface area contributed by atoms with Gasteiger partial charge in [-0.25, -0.2) is 17.6 Å². The minimum atomic E-state index is -1.42. The smallest absolute Gasteiger partial charge is 0.165 e. The fourth-order valence-corrected chi connectivity index (χ4v) is 0.938. The van der Waals surface area contributed by atoms with Gasteiger partial charge in [0.15, 0.2) is 23.3 Å². The van der Waals surface area contributed by atoms with Crippen molar-refractivity contribution in [3.05, 3.63) is 41.3 Å². The summed E-state index contributed by atoms with van der Waals surface area (Å²) < 4.78 is 55.5. The van der Waals surface area contributed by atoms with Crippen molar-refractivity contribution in [1.82, 2.24) is 0 Å². The number of ether oxygens (including phenoxy) is 1. The molecule has 1 nitrogen and oxygen atoms in total. The number of benzene rings is 1. The van der Waals surface area contributed by atoms with Gasteiger partial charge in [-0.2, -0.15) is 0 Å². The summed E-state index contributed by atoms with van der Waals surface area (Å²) in [5, 5.41) is 0. The zero-order valence-electron chi connectivity index (χ0n) is 7.28. The molecule has 0 bridgehead atoms. The summed E-state index contributed by atoms with van der Waals surface area (Å²) in [5.74, 6) is -5.68. The van der Waals surface area contributed by atoms with E-state index in [4.69, 9.17) is 0 Å². The number of hydrogen-bond acceptors (Lipinski definition) is 1. The van der Waals surface area contributed by atoms with Crippen LogP contribution in [0.5, 0.6) is 0 Å². The molecule has 0 N–H and O–H groups in total. The third-order valence-corrected chi connectivity index (χ3v) is 1.60. The second-order valence-corrected chi connectivity index (χ2v) is 2.54. The topological polar surface area (TPSA) is 9.23 Å². The van der Waals surface area contributed by atoms with E-state index in [2.05, 4.69) is 4.74 Å². The van der Waals surface area contributed by atoms with Crippen LogP contribution in [0.1, 0.15) is 5.56 Å². The average molecular weight is 207 g/mol. The quantitative estimate of drug-likeness (QED) is 0.546. The molecule has 0 unspecified atom stereocenters. The molecule has 0 fully saturated rings. The Labute approximate surface area is 78.3 Å². The Morgan fingerprint density at radius 1 is 1.14 bits per heavy atom. The van der Waals surface area contributed by atoms with Gasteiger partial charge in [0.25, 0.3) is 0 Å². The Morgan fingerprint density at radius 3 is 2.07 bits per heavy atom. The lowest BCUT2D eigenvalue weighted by Gasteiger charge is -2.05. The molecule has 1 rings (SSSR count). The second kappa shape index (κ2) is 4.41. The molecular formula is C9H7F4O. The summed E-state index contributed by atoms with van der Waals surface area (Å²) in [6.07, 6.45) is 0.927. The van der Waals surface area contributed by atoms with Crippen molar-refractivity contribution in [1.29, 1.82) is 0 Å². The molecule has 0 amide bonds. The first kappa shape index (κ1) is 11.0. The lowest BCUT2D eigenvalue weighted by atomic mass is 10.1. The molecular weight excluding hydrogens is 200 g/mol. The molecule has 0 aromatic heterocycles. The van der Waals surface area contributed by atoms with Crippen LogP contribution in [0, 0.1) is 29.7 Å². The molecule has 0 saturated heterocycles. The molecule has 0 aliphatic carbocycles. The van der Waals surface area contributed by atoms with Crippen molar-refractivity contribution < 1.29 is 22.3 Å². The highest BCUT2D eigenvalue weighted by atomic mass is 19.2. The summed E-state index contributed by atoms with van der Waals surface area (Å²) in [4.78, 5) is 0. The number of halogens is 4. The van der Waals surface area contributed by atoms with E-state index in [1.165, 1.54) is 7.11 Å².